The van der Waals surface area contributed by atoms with Gasteiger partial charge in [0.15, 0.2) is 0 Å². The minimum absolute atomic E-state index is 0.0350. The van der Waals surface area contributed by atoms with E-state index in [4.69, 9.17) is 5.11 Å². The molecule has 0 radical (unpaired) electrons. The second-order valence-electron chi connectivity index (χ2n) is 4.99. The van der Waals surface area contributed by atoms with Crippen molar-refractivity contribution in [1.82, 2.24) is 15.5 Å². The molecular weight excluding hydrogens is 282 g/mol. The molecule has 3 N–H and O–H groups in total. The second kappa shape index (κ2) is 6.34. The molecule has 0 spiro atoms. The molecule has 7 nitrogen and oxygen atoms in total. The van der Waals surface area contributed by atoms with Gasteiger partial charge in [-0.1, -0.05) is 0 Å². The largest absolute Gasteiger partial charge is 0.480 e. The Morgan fingerprint density at radius 2 is 1.90 bits per heavy atom. The lowest BCUT2D eigenvalue weighted by molar-refractivity contribution is -0.141. The Morgan fingerprint density at radius 3 is 2.50 bits per heavy atom. The van der Waals surface area contributed by atoms with Crippen molar-refractivity contribution >= 4 is 29.7 Å². The first kappa shape index (κ1) is 15.0. The number of aliphatic carboxylic acids is 1. The molecule has 0 aromatic carbocycles. The molecule has 1 saturated heterocycles. The van der Waals surface area contributed by atoms with Gasteiger partial charge < -0.3 is 15.7 Å². The Labute approximate surface area is 121 Å². The van der Waals surface area contributed by atoms with Gasteiger partial charge in [-0.25, -0.2) is 9.59 Å². The highest BCUT2D eigenvalue weighted by Gasteiger charge is 2.39. The lowest BCUT2D eigenvalue weighted by Crippen LogP contribution is -2.50. The van der Waals surface area contributed by atoms with Gasteiger partial charge in [-0.15, -0.1) is 11.8 Å². The van der Waals surface area contributed by atoms with Crippen LogP contribution in [0.25, 0.3) is 0 Å². The fourth-order valence-electron chi connectivity index (χ4n) is 2.08. The molecule has 0 aromatic rings. The Morgan fingerprint density at radius 1 is 1.25 bits per heavy atom. The van der Waals surface area contributed by atoms with Crippen molar-refractivity contribution in [2.75, 3.05) is 18.8 Å². The van der Waals surface area contributed by atoms with E-state index in [1.54, 1.807) is 0 Å². The first-order valence-corrected chi connectivity index (χ1v) is 7.74. The van der Waals surface area contributed by atoms with Gasteiger partial charge in [-0.3, -0.25) is 9.69 Å². The van der Waals surface area contributed by atoms with Crippen LogP contribution in [0.15, 0.2) is 0 Å². The molecule has 20 heavy (non-hydrogen) atoms. The number of nitrogens with one attached hydrogen (secondary N) is 2. The topological polar surface area (TPSA) is 98.7 Å². The van der Waals surface area contributed by atoms with Crippen LogP contribution in [0.5, 0.6) is 0 Å². The van der Waals surface area contributed by atoms with Crippen LogP contribution in [-0.2, 0) is 9.59 Å². The van der Waals surface area contributed by atoms with Crippen molar-refractivity contribution in [2.45, 2.75) is 31.2 Å². The van der Waals surface area contributed by atoms with Crippen LogP contribution in [-0.4, -0.2) is 58.2 Å². The van der Waals surface area contributed by atoms with Crippen molar-refractivity contribution in [3.8, 4) is 0 Å². The number of hydrogen-bond acceptors (Lipinski definition) is 4. The summed E-state index contributed by atoms with van der Waals surface area (Å²) in [7, 11) is 0. The second-order valence-corrected chi connectivity index (χ2v) is 6.34. The zero-order chi connectivity index (χ0) is 14.7. The van der Waals surface area contributed by atoms with Gasteiger partial charge in [0, 0.05) is 24.8 Å². The summed E-state index contributed by atoms with van der Waals surface area (Å²) in [6.07, 6.45) is 1.89. The zero-order valence-electron chi connectivity index (χ0n) is 11.3. The van der Waals surface area contributed by atoms with Gasteiger partial charge in [0.1, 0.15) is 6.04 Å². The average Bonchev–Trinajstić information content (AvgIpc) is 3.17. The molecule has 112 valence electrons. The first-order chi connectivity index (χ1) is 9.50. The predicted octanol–water partition coefficient (Wildman–Crippen LogP) is 0.0702. The third-order valence-electron chi connectivity index (χ3n) is 3.39. The van der Waals surface area contributed by atoms with E-state index < -0.39 is 18.0 Å². The lowest BCUT2D eigenvalue weighted by Gasteiger charge is -2.25. The Balaban J connectivity index is 1.72. The van der Waals surface area contributed by atoms with Gasteiger partial charge in [0.25, 0.3) is 0 Å². The Hall–Kier alpha value is -1.44. The molecule has 2 aliphatic rings. The van der Waals surface area contributed by atoms with E-state index in [0.29, 0.717) is 18.8 Å². The van der Waals surface area contributed by atoms with Gasteiger partial charge >= 0.3 is 12.0 Å². The average molecular weight is 301 g/mol. The molecule has 1 saturated carbocycles. The van der Waals surface area contributed by atoms with Crippen LogP contribution in [0.3, 0.4) is 0 Å². The van der Waals surface area contributed by atoms with Crippen LogP contribution >= 0.6 is 11.8 Å². The molecule has 2 unspecified atom stereocenters. The van der Waals surface area contributed by atoms with Crippen LogP contribution in [0.2, 0.25) is 0 Å². The monoisotopic (exact) mass is 301 g/mol. The number of thioether (sulfide) groups is 1. The quantitative estimate of drug-likeness (QED) is 0.624. The van der Waals surface area contributed by atoms with Crippen LogP contribution in [0.4, 0.5) is 4.79 Å². The molecule has 1 heterocycles. The summed E-state index contributed by atoms with van der Waals surface area (Å²) in [5.74, 6) is -0.397. The maximum Gasteiger partial charge on any atom is 0.327 e. The highest BCUT2D eigenvalue weighted by Crippen LogP contribution is 2.29. The summed E-state index contributed by atoms with van der Waals surface area (Å²) in [5.41, 5.74) is 0. The number of carbonyl (C=O) groups excluding carboxylic acids is 2. The first-order valence-electron chi connectivity index (χ1n) is 6.69. The minimum Gasteiger partial charge on any atom is -0.480 e. The standard InChI is InChI=1S/C12H19N3O4S/c1-7-15(9(6-20-7)11(17)18)12(19)14-5-4-13-10(16)8-2-3-8/h7-9H,2-6H2,1H3,(H,13,16)(H,14,19)(H,17,18). The smallest absolute Gasteiger partial charge is 0.327 e. The number of carboxylic acids is 1. The summed E-state index contributed by atoms with van der Waals surface area (Å²) < 4.78 is 0. The molecule has 0 bridgehead atoms. The fourth-order valence-corrected chi connectivity index (χ4v) is 3.24. The maximum absolute atomic E-state index is 12.0. The number of urea groups is 1. The minimum atomic E-state index is -0.987. The van der Waals surface area contributed by atoms with E-state index >= 15 is 0 Å². The van der Waals surface area contributed by atoms with Crippen LogP contribution < -0.4 is 10.6 Å². The predicted molar refractivity (Wildman–Crippen MR) is 74.3 cm³/mol. The summed E-state index contributed by atoms with van der Waals surface area (Å²) >= 11 is 1.44. The Bertz CT molecular complexity index is 414. The molecule has 3 amide bonds. The van der Waals surface area contributed by atoms with Gasteiger partial charge in [-0.05, 0) is 19.8 Å². The van der Waals surface area contributed by atoms with Crippen molar-refractivity contribution in [2.24, 2.45) is 5.92 Å². The number of rotatable bonds is 5. The van der Waals surface area contributed by atoms with Crippen LogP contribution in [0.1, 0.15) is 19.8 Å². The number of amides is 3. The molecule has 2 atom stereocenters. The van der Waals surface area contributed by atoms with E-state index in [1.165, 1.54) is 16.7 Å². The highest BCUT2D eigenvalue weighted by atomic mass is 32.2. The van der Waals surface area contributed by atoms with Crippen molar-refractivity contribution in [3.63, 3.8) is 0 Å². The van der Waals surface area contributed by atoms with E-state index in [9.17, 15) is 14.4 Å². The van der Waals surface area contributed by atoms with Gasteiger partial charge in [0.05, 0.1) is 5.37 Å². The van der Waals surface area contributed by atoms with E-state index in [0.717, 1.165) is 12.8 Å². The van der Waals surface area contributed by atoms with E-state index in [1.807, 2.05) is 6.92 Å². The molecule has 1 aliphatic carbocycles. The van der Waals surface area contributed by atoms with Crippen LogP contribution in [0, 0.1) is 5.92 Å². The number of hydrogen-bond donors (Lipinski definition) is 3. The third kappa shape index (κ3) is 3.56. The summed E-state index contributed by atoms with van der Waals surface area (Å²) in [5, 5.41) is 14.3. The number of carbonyl (C=O) groups is 3. The summed E-state index contributed by atoms with van der Waals surface area (Å²) in [4.78, 5) is 35.8. The molecular formula is C12H19N3O4S. The maximum atomic E-state index is 12.0. The summed E-state index contributed by atoms with van der Waals surface area (Å²) in [6.45, 7) is 2.48. The number of nitrogens with zero attached hydrogens (tertiary/aromatic N) is 1. The van der Waals surface area contributed by atoms with E-state index in [2.05, 4.69) is 10.6 Å². The zero-order valence-corrected chi connectivity index (χ0v) is 12.1. The molecule has 0 aromatic heterocycles. The normalized spacial score (nSPS) is 25.4. The number of carboxylic acid groups (broad SMARTS) is 1. The molecule has 2 fully saturated rings. The van der Waals surface area contributed by atoms with Crippen molar-refractivity contribution in [3.05, 3.63) is 0 Å². The van der Waals surface area contributed by atoms with Crippen molar-refractivity contribution < 1.29 is 19.5 Å². The third-order valence-corrected chi connectivity index (χ3v) is 4.61. The summed E-state index contributed by atoms with van der Waals surface area (Å²) in [6, 6.07) is -1.17. The van der Waals surface area contributed by atoms with Gasteiger partial charge in [-0.2, -0.15) is 0 Å². The van der Waals surface area contributed by atoms with E-state index in [-0.39, 0.29) is 17.2 Å². The molecule has 2 rings (SSSR count). The molecule has 8 heteroatoms. The highest BCUT2D eigenvalue weighted by molar-refractivity contribution is 8.00. The lowest BCUT2D eigenvalue weighted by atomic mass is 10.3. The SMILES string of the molecule is CC1SCC(C(=O)O)N1C(=O)NCCNC(=O)C1CC1. The van der Waals surface area contributed by atoms with Gasteiger partial charge in [0.2, 0.25) is 5.91 Å². The molecule has 1 aliphatic heterocycles. The Kier molecular flexibility index (Phi) is 4.74. The fraction of sp³-hybridized carbons (Fsp3) is 0.750. The van der Waals surface area contributed by atoms with Crippen molar-refractivity contribution in [1.29, 1.82) is 0 Å².